The second-order valence-corrected chi connectivity index (χ2v) is 9.05. The molecule has 1 heteroatoms. The van der Waals surface area contributed by atoms with Crippen LogP contribution in [0.3, 0.4) is 0 Å². The van der Waals surface area contributed by atoms with Gasteiger partial charge in [-0.25, -0.2) is 0 Å². The third kappa shape index (κ3) is 2.87. The zero-order chi connectivity index (χ0) is 22.6. The van der Waals surface area contributed by atoms with Gasteiger partial charge in [0.2, 0.25) is 0 Å². The number of rotatable bonds is 2. The van der Waals surface area contributed by atoms with Gasteiger partial charge in [0.1, 0.15) is 11.2 Å². The van der Waals surface area contributed by atoms with Gasteiger partial charge in [-0.3, -0.25) is 0 Å². The first-order chi connectivity index (χ1) is 16.8. The molecule has 0 N–H and O–H groups in total. The fraction of sp³-hybridized carbons (Fsp3) is 0.0303. The first-order valence-electron chi connectivity index (χ1n) is 11.7. The van der Waals surface area contributed by atoms with Crippen LogP contribution >= 0.6 is 0 Å². The Kier molecular flexibility index (Phi) is 4.13. The van der Waals surface area contributed by atoms with E-state index in [9.17, 15) is 0 Å². The van der Waals surface area contributed by atoms with E-state index in [0.29, 0.717) is 0 Å². The molecule has 0 radical (unpaired) electrons. The van der Waals surface area contributed by atoms with Gasteiger partial charge in [0.15, 0.2) is 0 Å². The minimum Gasteiger partial charge on any atom is -0.455 e. The fourth-order valence-electron chi connectivity index (χ4n) is 5.26. The van der Waals surface area contributed by atoms with Crippen LogP contribution in [-0.4, -0.2) is 0 Å². The Balaban J connectivity index is 1.40. The summed E-state index contributed by atoms with van der Waals surface area (Å²) < 4.78 is 6.27. The van der Waals surface area contributed by atoms with Gasteiger partial charge < -0.3 is 4.42 Å². The molecule has 34 heavy (non-hydrogen) atoms. The molecule has 1 nitrogen and oxygen atoms in total. The van der Waals surface area contributed by atoms with Gasteiger partial charge >= 0.3 is 0 Å². The lowest BCUT2D eigenvalue weighted by atomic mass is 9.91. The van der Waals surface area contributed by atoms with Crippen molar-refractivity contribution in [2.24, 2.45) is 0 Å². The zero-order valence-electron chi connectivity index (χ0n) is 18.9. The third-order valence-corrected chi connectivity index (χ3v) is 6.93. The van der Waals surface area contributed by atoms with Crippen LogP contribution in [-0.2, 0) is 0 Å². The largest absolute Gasteiger partial charge is 0.455 e. The van der Waals surface area contributed by atoms with Gasteiger partial charge in [0, 0.05) is 16.3 Å². The van der Waals surface area contributed by atoms with E-state index in [2.05, 4.69) is 110 Å². The average molecular weight is 435 g/mol. The van der Waals surface area contributed by atoms with Crippen LogP contribution in [0.2, 0.25) is 0 Å². The first-order valence-corrected chi connectivity index (χ1v) is 11.7. The van der Waals surface area contributed by atoms with E-state index in [1.54, 1.807) is 0 Å². The van der Waals surface area contributed by atoms with Gasteiger partial charge in [-0.2, -0.15) is 0 Å². The monoisotopic (exact) mass is 434 g/mol. The molecule has 1 aromatic heterocycles. The van der Waals surface area contributed by atoms with Crippen molar-refractivity contribution in [3.63, 3.8) is 0 Å². The molecule has 160 valence electrons. The minimum absolute atomic E-state index is 0.930. The summed E-state index contributed by atoms with van der Waals surface area (Å²) in [6, 6.07) is 41.3. The summed E-state index contributed by atoms with van der Waals surface area (Å²) in [4.78, 5) is 0. The Morgan fingerprint density at radius 3 is 2.03 bits per heavy atom. The van der Waals surface area contributed by atoms with Crippen molar-refractivity contribution in [1.82, 2.24) is 0 Å². The van der Waals surface area contributed by atoms with E-state index in [4.69, 9.17) is 4.42 Å². The number of hydrogen-bond acceptors (Lipinski definition) is 1. The number of benzene rings is 6. The van der Waals surface area contributed by atoms with Crippen LogP contribution in [0, 0.1) is 6.92 Å². The molecule has 0 atom stereocenters. The molecule has 0 aliphatic carbocycles. The highest BCUT2D eigenvalue weighted by atomic mass is 16.3. The minimum atomic E-state index is 0.930. The Hall–Kier alpha value is -4.36. The highest BCUT2D eigenvalue weighted by molar-refractivity contribution is 6.14. The standard InChI is InChI=1S/C33H22O/c1-21-13-18-27-30(20-24-7-2-3-8-25(24)31(27)19-21)23-16-14-22(15-17-23)26-10-6-11-29-28-9-4-5-12-32(28)34-33(26)29/h2-20H,1H3. The molecule has 1 heterocycles. The van der Waals surface area contributed by atoms with Gasteiger partial charge in [0.05, 0.1) is 0 Å². The van der Waals surface area contributed by atoms with Crippen molar-refractivity contribution < 1.29 is 4.42 Å². The molecule has 0 aliphatic rings. The maximum atomic E-state index is 6.27. The van der Waals surface area contributed by atoms with E-state index < -0.39 is 0 Å². The van der Waals surface area contributed by atoms with Crippen molar-refractivity contribution in [3.8, 4) is 22.3 Å². The first kappa shape index (κ1) is 19.1. The Morgan fingerprint density at radius 2 is 1.18 bits per heavy atom. The molecule has 6 aromatic carbocycles. The number of fused-ring (bicyclic) bond motifs is 6. The van der Waals surface area contributed by atoms with E-state index in [1.807, 2.05) is 12.1 Å². The highest BCUT2D eigenvalue weighted by Gasteiger charge is 2.13. The second-order valence-electron chi connectivity index (χ2n) is 9.05. The van der Waals surface area contributed by atoms with Crippen LogP contribution in [0.15, 0.2) is 120 Å². The molecular weight excluding hydrogens is 412 g/mol. The third-order valence-electron chi connectivity index (χ3n) is 6.93. The lowest BCUT2D eigenvalue weighted by Gasteiger charge is -2.12. The van der Waals surface area contributed by atoms with Crippen LogP contribution in [0.5, 0.6) is 0 Å². The predicted molar refractivity (Wildman–Crippen MR) is 144 cm³/mol. The summed E-state index contributed by atoms with van der Waals surface area (Å²) >= 11 is 0. The van der Waals surface area contributed by atoms with E-state index in [-0.39, 0.29) is 0 Å². The summed E-state index contributed by atoms with van der Waals surface area (Å²) in [5, 5.41) is 7.49. The normalized spacial score (nSPS) is 11.7. The topological polar surface area (TPSA) is 13.1 Å². The van der Waals surface area contributed by atoms with Crippen LogP contribution < -0.4 is 0 Å². The molecule has 7 aromatic rings. The second kappa shape index (κ2) is 7.33. The Bertz CT molecular complexity index is 1850. The van der Waals surface area contributed by atoms with Gasteiger partial charge in [0.25, 0.3) is 0 Å². The summed E-state index contributed by atoms with van der Waals surface area (Å²) in [7, 11) is 0. The maximum absolute atomic E-state index is 6.27. The average Bonchev–Trinajstić information content (AvgIpc) is 3.27. The van der Waals surface area contributed by atoms with Crippen molar-refractivity contribution in [2.75, 3.05) is 0 Å². The molecule has 7 rings (SSSR count). The van der Waals surface area contributed by atoms with Crippen molar-refractivity contribution >= 4 is 43.5 Å². The highest BCUT2D eigenvalue weighted by Crippen LogP contribution is 2.38. The quantitative estimate of drug-likeness (QED) is 0.247. The molecule has 0 saturated carbocycles. The molecule has 0 fully saturated rings. The molecule has 0 aliphatic heterocycles. The summed E-state index contributed by atoms with van der Waals surface area (Å²) in [5.74, 6) is 0. The van der Waals surface area contributed by atoms with Crippen LogP contribution in [0.1, 0.15) is 5.56 Å². The van der Waals surface area contributed by atoms with E-state index in [0.717, 1.165) is 33.1 Å². The van der Waals surface area contributed by atoms with Crippen molar-refractivity contribution in [1.29, 1.82) is 0 Å². The zero-order valence-corrected chi connectivity index (χ0v) is 18.9. The van der Waals surface area contributed by atoms with E-state index >= 15 is 0 Å². The number of furan rings is 1. The Morgan fingerprint density at radius 1 is 0.471 bits per heavy atom. The number of aryl methyl sites for hydroxylation is 1. The lowest BCUT2D eigenvalue weighted by Crippen LogP contribution is -1.86. The van der Waals surface area contributed by atoms with Gasteiger partial charge in [-0.05, 0) is 57.3 Å². The molecular formula is C33H22O. The van der Waals surface area contributed by atoms with Gasteiger partial charge in [-0.1, -0.05) is 109 Å². The SMILES string of the molecule is Cc1ccc2c(-c3ccc(-c4cccc5c4oc4ccccc45)cc3)cc3ccccc3c2c1. The summed E-state index contributed by atoms with van der Waals surface area (Å²) in [6.45, 7) is 2.16. The summed E-state index contributed by atoms with van der Waals surface area (Å²) in [5.41, 5.74) is 7.93. The maximum Gasteiger partial charge on any atom is 0.143 e. The molecule has 0 amide bonds. The summed E-state index contributed by atoms with van der Waals surface area (Å²) in [6.07, 6.45) is 0. The molecule has 0 spiro atoms. The van der Waals surface area contributed by atoms with Crippen molar-refractivity contribution in [3.05, 3.63) is 121 Å². The smallest absolute Gasteiger partial charge is 0.143 e. The molecule has 0 unspecified atom stereocenters. The number of hydrogen-bond donors (Lipinski definition) is 0. The molecule has 0 saturated heterocycles. The van der Waals surface area contributed by atoms with Crippen molar-refractivity contribution in [2.45, 2.75) is 6.92 Å². The predicted octanol–water partition coefficient (Wildman–Crippen LogP) is 9.53. The van der Waals surface area contributed by atoms with Crippen LogP contribution in [0.4, 0.5) is 0 Å². The van der Waals surface area contributed by atoms with Gasteiger partial charge in [-0.15, -0.1) is 0 Å². The lowest BCUT2D eigenvalue weighted by molar-refractivity contribution is 0.670. The number of para-hydroxylation sites is 2. The fourth-order valence-corrected chi connectivity index (χ4v) is 5.26. The Labute approximate surface area is 197 Å². The van der Waals surface area contributed by atoms with E-state index in [1.165, 1.54) is 38.2 Å². The van der Waals surface area contributed by atoms with Crippen LogP contribution in [0.25, 0.3) is 65.7 Å². The molecule has 0 bridgehead atoms.